The molecule has 1 saturated carbocycles. The van der Waals surface area contributed by atoms with Gasteiger partial charge in [0.1, 0.15) is 0 Å². The third-order valence-electron chi connectivity index (χ3n) is 3.60. The van der Waals surface area contributed by atoms with Gasteiger partial charge in [0, 0.05) is 22.4 Å². The molecule has 1 aliphatic rings. The Morgan fingerprint density at radius 2 is 1.76 bits per heavy atom. The molecule has 21 heavy (non-hydrogen) atoms. The second-order valence-corrected chi connectivity index (χ2v) is 6.57. The molecular weight excluding hydrogens is 288 g/mol. The van der Waals surface area contributed by atoms with E-state index in [-0.39, 0.29) is 0 Å². The minimum atomic E-state index is -0.808. The standard InChI is InChI=1S/C17H17F2NS/c1-11-8-14(5-2-12(11)10-20-13-3-4-13)21-15-6-7-16(18)17(19)9-15/h2,5-9,13,20H,3-4,10H2,1H3. The topological polar surface area (TPSA) is 12.0 Å². The second kappa shape index (κ2) is 6.16. The van der Waals surface area contributed by atoms with E-state index in [9.17, 15) is 8.78 Å². The Morgan fingerprint density at radius 1 is 1.05 bits per heavy atom. The van der Waals surface area contributed by atoms with E-state index >= 15 is 0 Å². The number of hydrogen-bond acceptors (Lipinski definition) is 2. The normalized spacial score (nSPS) is 14.4. The van der Waals surface area contributed by atoms with E-state index in [1.54, 1.807) is 6.07 Å². The summed E-state index contributed by atoms with van der Waals surface area (Å²) in [4.78, 5) is 1.74. The van der Waals surface area contributed by atoms with Crippen LogP contribution in [0.15, 0.2) is 46.2 Å². The van der Waals surface area contributed by atoms with Gasteiger partial charge in [-0.1, -0.05) is 17.8 Å². The molecule has 0 heterocycles. The summed E-state index contributed by atoms with van der Waals surface area (Å²) in [5.41, 5.74) is 2.51. The molecular formula is C17H17F2NS. The molecule has 0 aliphatic heterocycles. The van der Waals surface area contributed by atoms with Crippen molar-refractivity contribution in [3.63, 3.8) is 0 Å². The first-order valence-corrected chi connectivity index (χ1v) is 7.89. The van der Waals surface area contributed by atoms with E-state index in [0.29, 0.717) is 10.9 Å². The van der Waals surface area contributed by atoms with Gasteiger partial charge in [-0.15, -0.1) is 0 Å². The van der Waals surface area contributed by atoms with Crippen LogP contribution in [0.5, 0.6) is 0 Å². The Morgan fingerprint density at radius 3 is 2.43 bits per heavy atom. The number of halogens is 2. The van der Waals surface area contributed by atoms with E-state index in [4.69, 9.17) is 0 Å². The lowest BCUT2D eigenvalue weighted by atomic mass is 10.1. The van der Waals surface area contributed by atoms with Crippen LogP contribution in [0.4, 0.5) is 8.78 Å². The van der Waals surface area contributed by atoms with Crippen molar-refractivity contribution >= 4 is 11.8 Å². The van der Waals surface area contributed by atoms with Gasteiger partial charge in [-0.05, 0) is 61.2 Å². The maximum atomic E-state index is 13.2. The number of benzene rings is 2. The fourth-order valence-corrected chi connectivity index (χ4v) is 3.09. The molecule has 1 N–H and O–H groups in total. The SMILES string of the molecule is Cc1cc(Sc2ccc(F)c(F)c2)ccc1CNC1CC1. The van der Waals surface area contributed by atoms with Crippen LogP contribution in [0, 0.1) is 18.6 Å². The highest BCUT2D eigenvalue weighted by Gasteiger charge is 2.20. The zero-order valence-corrected chi connectivity index (χ0v) is 12.6. The van der Waals surface area contributed by atoms with Crippen molar-refractivity contribution < 1.29 is 8.78 Å². The van der Waals surface area contributed by atoms with E-state index in [1.165, 1.54) is 47.9 Å². The third-order valence-corrected chi connectivity index (χ3v) is 4.58. The number of hydrogen-bond donors (Lipinski definition) is 1. The van der Waals surface area contributed by atoms with Crippen LogP contribution in [-0.4, -0.2) is 6.04 Å². The Hall–Kier alpha value is -1.39. The van der Waals surface area contributed by atoms with E-state index < -0.39 is 11.6 Å². The fraction of sp³-hybridized carbons (Fsp3) is 0.294. The van der Waals surface area contributed by atoms with Crippen molar-refractivity contribution in [2.24, 2.45) is 0 Å². The van der Waals surface area contributed by atoms with Gasteiger partial charge >= 0.3 is 0 Å². The smallest absolute Gasteiger partial charge is 0.159 e. The molecule has 1 nitrogen and oxygen atoms in total. The summed E-state index contributed by atoms with van der Waals surface area (Å²) in [5.74, 6) is -1.61. The maximum Gasteiger partial charge on any atom is 0.159 e. The number of nitrogens with one attached hydrogen (secondary N) is 1. The molecule has 1 aliphatic carbocycles. The molecule has 0 spiro atoms. The van der Waals surface area contributed by atoms with Crippen molar-refractivity contribution in [2.75, 3.05) is 0 Å². The molecule has 0 bridgehead atoms. The highest BCUT2D eigenvalue weighted by Crippen LogP contribution is 2.30. The molecule has 0 amide bonds. The van der Waals surface area contributed by atoms with Crippen molar-refractivity contribution in [3.05, 3.63) is 59.2 Å². The zero-order valence-electron chi connectivity index (χ0n) is 11.8. The largest absolute Gasteiger partial charge is 0.310 e. The Bertz CT molecular complexity index is 653. The lowest BCUT2D eigenvalue weighted by molar-refractivity contribution is 0.506. The quantitative estimate of drug-likeness (QED) is 0.861. The second-order valence-electron chi connectivity index (χ2n) is 5.42. The highest BCUT2D eigenvalue weighted by molar-refractivity contribution is 7.99. The summed E-state index contributed by atoms with van der Waals surface area (Å²) in [6.07, 6.45) is 2.56. The molecule has 4 heteroatoms. The van der Waals surface area contributed by atoms with Crippen LogP contribution in [0.1, 0.15) is 24.0 Å². The van der Waals surface area contributed by atoms with Gasteiger partial charge in [-0.25, -0.2) is 8.78 Å². The summed E-state index contributed by atoms with van der Waals surface area (Å²) in [6, 6.07) is 10.9. The molecule has 110 valence electrons. The van der Waals surface area contributed by atoms with Crippen LogP contribution < -0.4 is 5.32 Å². The average Bonchev–Trinajstić information content (AvgIpc) is 3.26. The van der Waals surface area contributed by atoms with Gasteiger partial charge in [-0.2, -0.15) is 0 Å². The Balaban J connectivity index is 1.70. The van der Waals surface area contributed by atoms with E-state index in [0.717, 1.165) is 11.4 Å². The Labute approximate surface area is 127 Å². The summed E-state index contributed by atoms with van der Waals surface area (Å²) in [6.45, 7) is 2.98. The van der Waals surface area contributed by atoms with Crippen LogP contribution in [-0.2, 0) is 6.54 Å². The zero-order chi connectivity index (χ0) is 14.8. The molecule has 3 rings (SSSR count). The van der Waals surface area contributed by atoms with Crippen LogP contribution in [0.3, 0.4) is 0 Å². The molecule has 0 atom stereocenters. The molecule has 0 saturated heterocycles. The maximum absolute atomic E-state index is 13.2. The van der Waals surface area contributed by atoms with Crippen LogP contribution in [0.2, 0.25) is 0 Å². The van der Waals surface area contributed by atoms with Gasteiger partial charge in [0.15, 0.2) is 11.6 Å². The monoisotopic (exact) mass is 305 g/mol. The fourth-order valence-electron chi connectivity index (χ4n) is 2.15. The van der Waals surface area contributed by atoms with Crippen molar-refractivity contribution in [1.82, 2.24) is 5.32 Å². The minimum Gasteiger partial charge on any atom is -0.310 e. The summed E-state index contributed by atoms with van der Waals surface area (Å²) in [7, 11) is 0. The van der Waals surface area contributed by atoms with E-state index in [2.05, 4.69) is 24.4 Å². The predicted molar refractivity (Wildman–Crippen MR) is 81.5 cm³/mol. The first-order chi connectivity index (χ1) is 10.1. The lowest BCUT2D eigenvalue weighted by Crippen LogP contribution is -2.15. The molecule has 0 radical (unpaired) electrons. The Kier molecular flexibility index (Phi) is 4.27. The van der Waals surface area contributed by atoms with Gasteiger partial charge in [0.2, 0.25) is 0 Å². The minimum absolute atomic E-state index is 0.695. The van der Waals surface area contributed by atoms with Crippen molar-refractivity contribution in [2.45, 2.75) is 42.1 Å². The molecule has 1 fully saturated rings. The van der Waals surface area contributed by atoms with Crippen LogP contribution in [0.25, 0.3) is 0 Å². The first kappa shape index (κ1) is 14.5. The highest BCUT2D eigenvalue weighted by atomic mass is 32.2. The van der Waals surface area contributed by atoms with Gasteiger partial charge in [-0.3, -0.25) is 0 Å². The van der Waals surface area contributed by atoms with Gasteiger partial charge < -0.3 is 5.32 Å². The van der Waals surface area contributed by atoms with Gasteiger partial charge in [0.25, 0.3) is 0 Å². The summed E-state index contributed by atoms with van der Waals surface area (Å²) < 4.78 is 26.1. The molecule has 0 aromatic heterocycles. The van der Waals surface area contributed by atoms with Crippen molar-refractivity contribution in [1.29, 1.82) is 0 Å². The predicted octanol–water partition coefficient (Wildman–Crippen LogP) is 4.68. The lowest BCUT2D eigenvalue weighted by Gasteiger charge is -2.09. The van der Waals surface area contributed by atoms with Crippen LogP contribution >= 0.6 is 11.8 Å². The van der Waals surface area contributed by atoms with E-state index in [1.807, 2.05) is 6.07 Å². The number of aryl methyl sites for hydroxylation is 1. The molecule has 0 unspecified atom stereocenters. The molecule has 2 aromatic rings. The summed E-state index contributed by atoms with van der Waals surface area (Å²) >= 11 is 1.44. The summed E-state index contributed by atoms with van der Waals surface area (Å²) in [5, 5.41) is 3.50. The number of rotatable bonds is 5. The average molecular weight is 305 g/mol. The molecule has 2 aromatic carbocycles. The van der Waals surface area contributed by atoms with Gasteiger partial charge in [0.05, 0.1) is 0 Å². The van der Waals surface area contributed by atoms with Crippen molar-refractivity contribution in [3.8, 4) is 0 Å². The third kappa shape index (κ3) is 3.83. The first-order valence-electron chi connectivity index (χ1n) is 7.07.